The first kappa shape index (κ1) is 19.3. The fourth-order valence-electron chi connectivity index (χ4n) is 2.95. The quantitative estimate of drug-likeness (QED) is 0.624. The lowest BCUT2D eigenvalue weighted by Gasteiger charge is -2.13. The zero-order valence-electron chi connectivity index (χ0n) is 16.4. The minimum atomic E-state index is -0.362. The van der Waals surface area contributed by atoms with Gasteiger partial charge in [-0.25, -0.2) is 0 Å². The van der Waals surface area contributed by atoms with Gasteiger partial charge in [-0.1, -0.05) is 30.0 Å². The molecule has 0 aliphatic carbocycles. The van der Waals surface area contributed by atoms with E-state index in [0.29, 0.717) is 17.5 Å². The van der Waals surface area contributed by atoms with Gasteiger partial charge in [-0.3, -0.25) is 4.79 Å². The predicted molar refractivity (Wildman–Crippen MR) is 108 cm³/mol. The van der Waals surface area contributed by atoms with Gasteiger partial charge in [-0.2, -0.15) is 4.68 Å². The highest BCUT2D eigenvalue weighted by Gasteiger charge is 2.20. The van der Waals surface area contributed by atoms with E-state index in [1.54, 1.807) is 4.68 Å². The standard InChI is InChI=1S/C20H21N5O3S/c1-12-4-5-13(2)16(8-12)25-20(22-23-24-25)29-14(3)19(26)21-10-15-6-7-17-18(9-15)28-11-27-17/h4-9,14H,10-11H2,1-3H3,(H,21,26). The molecule has 1 atom stereocenters. The summed E-state index contributed by atoms with van der Waals surface area (Å²) < 4.78 is 12.4. The van der Waals surface area contributed by atoms with E-state index in [1.165, 1.54) is 11.8 Å². The maximum atomic E-state index is 12.6. The van der Waals surface area contributed by atoms with Crippen molar-refractivity contribution < 1.29 is 14.3 Å². The van der Waals surface area contributed by atoms with E-state index in [-0.39, 0.29) is 18.0 Å². The van der Waals surface area contributed by atoms with Gasteiger partial charge in [0.15, 0.2) is 11.5 Å². The second-order valence-corrected chi connectivity index (χ2v) is 8.14. The van der Waals surface area contributed by atoms with E-state index in [2.05, 4.69) is 20.8 Å². The van der Waals surface area contributed by atoms with E-state index in [0.717, 1.165) is 28.1 Å². The summed E-state index contributed by atoms with van der Waals surface area (Å²) in [6.07, 6.45) is 0. The fraction of sp³-hybridized carbons (Fsp3) is 0.300. The number of benzene rings is 2. The third kappa shape index (κ3) is 4.19. The highest BCUT2D eigenvalue weighted by molar-refractivity contribution is 8.00. The number of hydrogen-bond acceptors (Lipinski definition) is 7. The lowest BCUT2D eigenvalue weighted by atomic mass is 10.1. The van der Waals surface area contributed by atoms with Crippen LogP contribution < -0.4 is 14.8 Å². The SMILES string of the molecule is Cc1ccc(C)c(-n2nnnc2SC(C)C(=O)NCc2ccc3c(c2)OCO3)c1. The van der Waals surface area contributed by atoms with Gasteiger partial charge in [0.05, 0.1) is 10.9 Å². The molecule has 9 heteroatoms. The fourth-order valence-corrected chi connectivity index (χ4v) is 3.77. The van der Waals surface area contributed by atoms with Gasteiger partial charge in [0, 0.05) is 6.54 Å². The number of aryl methyl sites for hydroxylation is 2. The Labute approximate surface area is 172 Å². The average molecular weight is 411 g/mol. The second-order valence-electron chi connectivity index (χ2n) is 6.83. The molecule has 1 amide bonds. The van der Waals surface area contributed by atoms with Crippen LogP contribution in [0.2, 0.25) is 0 Å². The molecule has 0 saturated carbocycles. The van der Waals surface area contributed by atoms with Crippen LogP contribution in [0.3, 0.4) is 0 Å². The van der Waals surface area contributed by atoms with Crippen molar-refractivity contribution in [1.29, 1.82) is 0 Å². The van der Waals surface area contributed by atoms with Crippen molar-refractivity contribution in [2.45, 2.75) is 37.7 Å². The average Bonchev–Trinajstić information content (AvgIpc) is 3.36. The number of thioether (sulfide) groups is 1. The molecule has 1 aliphatic rings. The van der Waals surface area contributed by atoms with Gasteiger partial charge in [0.2, 0.25) is 17.9 Å². The summed E-state index contributed by atoms with van der Waals surface area (Å²) in [6, 6.07) is 11.7. The zero-order valence-corrected chi connectivity index (χ0v) is 17.2. The lowest BCUT2D eigenvalue weighted by Crippen LogP contribution is -2.30. The third-order valence-corrected chi connectivity index (χ3v) is 5.62. The molecule has 1 aromatic heterocycles. The van der Waals surface area contributed by atoms with Crippen molar-refractivity contribution in [2.75, 3.05) is 6.79 Å². The summed E-state index contributed by atoms with van der Waals surface area (Å²) in [4.78, 5) is 12.6. The molecule has 1 aliphatic heterocycles. The molecule has 8 nitrogen and oxygen atoms in total. The number of aromatic nitrogens is 4. The van der Waals surface area contributed by atoms with E-state index < -0.39 is 0 Å². The molecule has 2 aromatic carbocycles. The number of nitrogens with one attached hydrogen (secondary N) is 1. The molecule has 3 aromatic rings. The molecule has 0 radical (unpaired) electrons. The minimum absolute atomic E-state index is 0.0943. The lowest BCUT2D eigenvalue weighted by molar-refractivity contribution is -0.120. The summed E-state index contributed by atoms with van der Waals surface area (Å²) in [5.74, 6) is 1.33. The zero-order chi connectivity index (χ0) is 20.4. The van der Waals surface area contributed by atoms with Crippen molar-refractivity contribution in [2.24, 2.45) is 0 Å². The predicted octanol–water partition coefficient (Wildman–Crippen LogP) is 2.80. The second kappa shape index (κ2) is 8.12. The Balaban J connectivity index is 1.41. The van der Waals surface area contributed by atoms with E-state index in [9.17, 15) is 4.79 Å². The van der Waals surface area contributed by atoms with E-state index >= 15 is 0 Å². The Kier molecular flexibility index (Phi) is 5.39. The molecule has 0 saturated heterocycles. The largest absolute Gasteiger partial charge is 0.454 e. The van der Waals surface area contributed by atoms with Gasteiger partial charge < -0.3 is 14.8 Å². The smallest absolute Gasteiger partial charge is 0.233 e. The number of amides is 1. The van der Waals surface area contributed by atoms with Crippen LogP contribution in [-0.4, -0.2) is 38.2 Å². The van der Waals surface area contributed by atoms with Gasteiger partial charge in [0.1, 0.15) is 0 Å². The monoisotopic (exact) mass is 411 g/mol. The van der Waals surface area contributed by atoms with E-state index in [1.807, 2.05) is 57.2 Å². The first-order valence-corrected chi connectivity index (χ1v) is 10.1. The molecule has 0 spiro atoms. The molecule has 0 fully saturated rings. The summed E-state index contributed by atoms with van der Waals surface area (Å²) in [5.41, 5.74) is 4.03. The number of nitrogens with zero attached hydrogens (tertiary/aromatic N) is 4. The van der Waals surface area contributed by atoms with Crippen molar-refractivity contribution in [3.8, 4) is 17.2 Å². The number of carbonyl (C=O) groups excluding carboxylic acids is 1. The number of carbonyl (C=O) groups is 1. The first-order chi connectivity index (χ1) is 14.0. The molecule has 0 bridgehead atoms. The van der Waals surface area contributed by atoms with Crippen molar-refractivity contribution >= 4 is 17.7 Å². The maximum absolute atomic E-state index is 12.6. The molecule has 1 unspecified atom stereocenters. The Bertz CT molecular complexity index is 1050. The van der Waals surface area contributed by atoms with Crippen molar-refractivity contribution in [3.05, 3.63) is 53.1 Å². The molecular weight excluding hydrogens is 390 g/mol. The van der Waals surface area contributed by atoms with Crippen LogP contribution in [0.25, 0.3) is 5.69 Å². The highest BCUT2D eigenvalue weighted by Crippen LogP contribution is 2.32. The van der Waals surface area contributed by atoms with Crippen molar-refractivity contribution in [3.63, 3.8) is 0 Å². The molecule has 4 rings (SSSR count). The first-order valence-electron chi connectivity index (χ1n) is 9.20. The molecule has 1 N–H and O–H groups in total. The number of fused-ring (bicyclic) bond motifs is 1. The van der Waals surface area contributed by atoms with Crippen LogP contribution in [0.1, 0.15) is 23.6 Å². The number of ether oxygens (including phenoxy) is 2. The molecule has 150 valence electrons. The van der Waals surface area contributed by atoms with Gasteiger partial charge >= 0.3 is 0 Å². The van der Waals surface area contributed by atoms with Crippen LogP contribution in [0, 0.1) is 13.8 Å². The Morgan fingerprint density at radius 3 is 2.90 bits per heavy atom. The van der Waals surface area contributed by atoms with Crippen LogP contribution in [0.5, 0.6) is 11.5 Å². The normalized spacial score (nSPS) is 13.3. The molecule has 29 heavy (non-hydrogen) atoms. The van der Waals surface area contributed by atoms with Crippen LogP contribution in [-0.2, 0) is 11.3 Å². The van der Waals surface area contributed by atoms with Crippen LogP contribution >= 0.6 is 11.8 Å². The van der Waals surface area contributed by atoms with Gasteiger partial charge in [-0.05, 0) is 66.1 Å². The number of tetrazole rings is 1. The molecular formula is C20H21N5O3S. The maximum Gasteiger partial charge on any atom is 0.233 e. The Hall–Kier alpha value is -3.07. The summed E-state index contributed by atoms with van der Waals surface area (Å²) in [5, 5.41) is 15.2. The Morgan fingerprint density at radius 2 is 2.03 bits per heavy atom. The Morgan fingerprint density at radius 1 is 1.21 bits per heavy atom. The van der Waals surface area contributed by atoms with Crippen molar-refractivity contribution in [1.82, 2.24) is 25.5 Å². The number of rotatable bonds is 6. The topological polar surface area (TPSA) is 91.2 Å². The third-order valence-electron chi connectivity index (χ3n) is 4.59. The van der Waals surface area contributed by atoms with E-state index in [4.69, 9.17) is 9.47 Å². The highest BCUT2D eigenvalue weighted by atomic mass is 32.2. The molecule has 2 heterocycles. The van der Waals surface area contributed by atoms with Gasteiger partial charge in [0.25, 0.3) is 0 Å². The summed E-state index contributed by atoms with van der Waals surface area (Å²) >= 11 is 1.32. The van der Waals surface area contributed by atoms with Gasteiger partial charge in [-0.15, -0.1) is 5.10 Å². The van der Waals surface area contributed by atoms with Crippen LogP contribution in [0.15, 0.2) is 41.6 Å². The van der Waals surface area contributed by atoms with Crippen LogP contribution in [0.4, 0.5) is 0 Å². The summed E-state index contributed by atoms with van der Waals surface area (Å²) in [7, 11) is 0. The minimum Gasteiger partial charge on any atom is -0.454 e. The number of hydrogen-bond donors (Lipinski definition) is 1. The summed E-state index contributed by atoms with van der Waals surface area (Å²) in [6.45, 7) is 6.50.